The van der Waals surface area contributed by atoms with Crippen molar-refractivity contribution in [3.05, 3.63) is 46.5 Å². The first-order chi connectivity index (χ1) is 11.4. The van der Waals surface area contributed by atoms with Gasteiger partial charge in [-0.3, -0.25) is 0 Å². The summed E-state index contributed by atoms with van der Waals surface area (Å²) in [5.74, 6) is 1.32. The van der Waals surface area contributed by atoms with Crippen molar-refractivity contribution in [2.45, 2.75) is 44.6 Å². The van der Waals surface area contributed by atoms with Gasteiger partial charge in [-0.25, -0.2) is 4.99 Å². The van der Waals surface area contributed by atoms with Crippen molar-refractivity contribution in [2.75, 3.05) is 13.2 Å². The van der Waals surface area contributed by atoms with Crippen molar-refractivity contribution in [3.8, 4) is 0 Å². The summed E-state index contributed by atoms with van der Waals surface area (Å²) in [5.41, 5.74) is 7.01. The molecule has 0 radical (unpaired) electrons. The Morgan fingerprint density at radius 3 is 2.71 bits per heavy atom. The molecule has 0 saturated carbocycles. The maximum Gasteiger partial charge on any atom is 0.183 e. The van der Waals surface area contributed by atoms with Crippen molar-refractivity contribution in [1.29, 1.82) is 0 Å². The van der Waals surface area contributed by atoms with Crippen LogP contribution in [0.4, 0.5) is 0 Å². The lowest BCUT2D eigenvalue weighted by atomic mass is 9.74. The van der Waals surface area contributed by atoms with E-state index in [1.807, 2.05) is 24.3 Å². The van der Waals surface area contributed by atoms with Gasteiger partial charge in [-0.05, 0) is 36.5 Å². The molecular weight excluding hydrogens is 343 g/mol. The molecule has 2 N–H and O–H groups in total. The van der Waals surface area contributed by atoms with Crippen molar-refractivity contribution in [3.63, 3.8) is 0 Å². The predicted octanol–water partition coefficient (Wildman–Crippen LogP) is 5.00. The van der Waals surface area contributed by atoms with Crippen molar-refractivity contribution < 1.29 is 4.74 Å². The van der Waals surface area contributed by atoms with Crippen molar-refractivity contribution in [2.24, 2.45) is 16.6 Å². The summed E-state index contributed by atoms with van der Waals surface area (Å²) < 4.78 is 5.76. The van der Waals surface area contributed by atoms with E-state index in [1.54, 1.807) is 0 Å². The van der Waals surface area contributed by atoms with E-state index in [4.69, 9.17) is 38.7 Å². The number of hydrogen-bond acceptors (Lipinski definition) is 3. The van der Waals surface area contributed by atoms with E-state index in [0.717, 1.165) is 30.7 Å². The van der Waals surface area contributed by atoms with Crippen LogP contribution in [0.15, 0.2) is 35.8 Å². The lowest BCUT2D eigenvalue weighted by Gasteiger charge is -2.32. The molecule has 0 amide bonds. The first-order valence-corrected chi connectivity index (χ1v) is 9.13. The molecule has 1 aliphatic heterocycles. The summed E-state index contributed by atoms with van der Waals surface area (Å²) in [4.78, 5) is 4.69. The van der Waals surface area contributed by atoms with E-state index in [9.17, 15) is 0 Å². The van der Waals surface area contributed by atoms with Crippen LogP contribution in [0.2, 0.25) is 10.0 Å². The number of benzene rings is 1. The van der Waals surface area contributed by atoms with Crippen LogP contribution in [0.5, 0.6) is 0 Å². The van der Waals surface area contributed by atoms with Crippen LogP contribution in [0.25, 0.3) is 0 Å². The minimum Gasteiger partial charge on any atom is -0.479 e. The molecule has 2 rings (SSSR count). The smallest absolute Gasteiger partial charge is 0.183 e. The fourth-order valence-electron chi connectivity index (χ4n) is 3.04. The van der Waals surface area contributed by atoms with Gasteiger partial charge in [-0.15, -0.1) is 6.58 Å². The highest BCUT2D eigenvalue weighted by Gasteiger charge is 2.32. The van der Waals surface area contributed by atoms with Gasteiger partial charge in [0, 0.05) is 18.4 Å². The third kappa shape index (κ3) is 4.33. The highest BCUT2D eigenvalue weighted by Crippen LogP contribution is 2.36. The van der Waals surface area contributed by atoms with Crippen molar-refractivity contribution in [1.82, 2.24) is 0 Å². The normalized spacial score (nSPS) is 19.8. The Balaban J connectivity index is 2.20. The second-order valence-corrected chi connectivity index (χ2v) is 7.57. The highest BCUT2D eigenvalue weighted by atomic mass is 35.5. The molecule has 0 spiro atoms. The Kier molecular flexibility index (Phi) is 6.73. The zero-order chi connectivity index (χ0) is 17.7. The summed E-state index contributed by atoms with van der Waals surface area (Å²) in [5, 5.41) is 1.10. The number of halogens is 2. The van der Waals surface area contributed by atoms with Crippen LogP contribution >= 0.6 is 23.2 Å². The van der Waals surface area contributed by atoms with Gasteiger partial charge in [-0.1, -0.05) is 49.2 Å². The third-order valence-electron chi connectivity index (χ3n) is 4.78. The number of allylic oxidation sites excluding steroid dienone is 1. The average Bonchev–Trinajstić information content (AvgIpc) is 3.03. The largest absolute Gasteiger partial charge is 0.479 e. The molecular formula is C19H26Cl2N2O. The lowest BCUT2D eigenvalue weighted by molar-refractivity contribution is 0.281. The van der Waals surface area contributed by atoms with E-state index >= 15 is 0 Å². The van der Waals surface area contributed by atoms with Crippen LogP contribution in [0.3, 0.4) is 0 Å². The molecule has 0 aliphatic carbocycles. The number of ether oxygens (including phenoxy) is 1. The first kappa shape index (κ1) is 19.3. The van der Waals surface area contributed by atoms with Crippen LogP contribution in [0.1, 0.15) is 38.7 Å². The summed E-state index contributed by atoms with van der Waals surface area (Å²) >= 11 is 12.3. The van der Waals surface area contributed by atoms with E-state index < -0.39 is 0 Å². The maximum atomic E-state index is 6.21. The van der Waals surface area contributed by atoms with Gasteiger partial charge in [0.1, 0.15) is 6.61 Å². The molecule has 3 nitrogen and oxygen atoms in total. The van der Waals surface area contributed by atoms with Gasteiger partial charge in [0.05, 0.1) is 16.1 Å². The van der Waals surface area contributed by atoms with Crippen molar-refractivity contribution >= 4 is 29.1 Å². The molecule has 5 heteroatoms. The predicted molar refractivity (Wildman–Crippen MR) is 103 cm³/mol. The fraction of sp³-hybridized carbons (Fsp3) is 0.526. The summed E-state index contributed by atoms with van der Waals surface area (Å²) in [6.45, 7) is 9.40. The Bertz CT molecular complexity index is 615. The van der Waals surface area contributed by atoms with Gasteiger partial charge >= 0.3 is 0 Å². The quantitative estimate of drug-likeness (QED) is 0.656. The zero-order valence-corrected chi connectivity index (χ0v) is 15.9. The third-order valence-corrected chi connectivity index (χ3v) is 5.51. The summed E-state index contributed by atoms with van der Waals surface area (Å²) in [7, 11) is 0. The standard InChI is InChI=1S/C19H26Cl2N2O/c1-4-8-19(12-22,14-5-6-15(20)16(21)10-14)9-7-18-23-17(11-24-18)13(2)3/h4-6,10,13,17H,1,7-9,11-12,22H2,2-3H3/t17-,19+/m1/s1. The molecule has 1 heterocycles. The molecule has 0 fully saturated rings. The molecule has 0 aromatic heterocycles. The van der Waals surface area contributed by atoms with E-state index in [0.29, 0.717) is 29.1 Å². The van der Waals surface area contributed by atoms with E-state index in [1.165, 1.54) is 0 Å². The molecule has 2 atom stereocenters. The molecule has 24 heavy (non-hydrogen) atoms. The number of aliphatic imine (C=N–C) groups is 1. The zero-order valence-electron chi connectivity index (χ0n) is 14.4. The first-order valence-electron chi connectivity index (χ1n) is 8.38. The minimum absolute atomic E-state index is 0.238. The Hall–Kier alpha value is -1.03. The molecule has 0 bridgehead atoms. The van der Waals surface area contributed by atoms with Crippen LogP contribution in [-0.2, 0) is 10.2 Å². The molecule has 0 unspecified atom stereocenters. The second-order valence-electron chi connectivity index (χ2n) is 6.75. The van der Waals surface area contributed by atoms with Gasteiger partial charge in [0.15, 0.2) is 5.90 Å². The monoisotopic (exact) mass is 368 g/mol. The molecule has 132 valence electrons. The average molecular weight is 369 g/mol. The summed E-state index contributed by atoms with van der Waals surface area (Å²) in [6.07, 6.45) is 4.26. The molecule has 1 aromatic carbocycles. The van der Waals surface area contributed by atoms with Gasteiger partial charge in [0.2, 0.25) is 0 Å². The SMILES string of the molecule is C=CC[C@@](CN)(CCC1=N[C@@H](C(C)C)CO1)c1ccc(Cl)c(Cl)c1. The van der Waals surface area contributed by atoms with Gasteiger partial charge in [-0.2, -0.15) is 0 Å². The van der Waals surface area contributed by atoms with E-state index in [-0.39, 0.29) is 11.5 Å². The maximum absolute atomic E-state index is 6.21. The van der Waals surface area contributed by atoms with E-state index in [2.05, 4.69) is 20.4 Å². The molecule has 0 saturated heterocycles. The number of rotatable bonds is 8. The van der Waals surface area contributed by atoms with Gasteiger partial charge < -0.3 is 10.5 Å². The Morgan fingerprint density at radius 2 is 2.17 bits per heavy atom. The fourth-order valence-corrected chi connectivity index (χ4v) is 3.33. The van der Waals surface area contributed by atoms with Gasteiger partial charge in [0.25, 0.3) is 0 Å². The highest BCUT2D eigenvalue weighted by molar-refractivity contribution is 6.42. The lowest BCUT2D eigenvalue weighted by Crippen LogP contribution is -2.35. The van der Waals surface area contributed by atoms with Crippen LogP contribution < -0.4 is 5.73 Å². The van der Waals surface area contributed by atoms with Crippen LogP contribution in [0, 0.1) is 5.92 Å². The number of nitrogens with two attached hydrogens (primary N) is 1. The Labute approximate surface area is 154 Å². The number of nitrogens with zero attached hydrogens (tertiary/aromatic N) is 1. The number of hydrogen-bond donors (Lipinski definition) is 1. The second kappa shape index (κ2) is 8.37. The molecule has 1 aliphatic rings. The minimum atomic E-state index is -0.238. The summed E-state index contributed by atoms with van der Waals surface area (Å²) in [6, 6.07) is 6.00. The Morgan fingerprint density at radius 1 is 1.42 bits per heavy atom. The van der Waals surface area contributed by atoms with Crippen LogP contribution in [-0.4, -0.2) is 25.1 Å². The topological polar surface area (TPSA) is 47.6 Å². The molecule has 1 aromatic rings.